The van der Waals surface area contributed by atoms with Gasteiger partial charge < -0.3 is 20.1 Å². The van der Waals surface area contributed by atoms with E-state index in [1.165, 1.54) is 40.2 Å². The highest BCUT2D eigenvalue weighted by Gasteiger charge is 2.68. The fourth-order valence-corrected chi connectivity index (χ4v) is 11.1. The van der Waals surface area contributed by atoms with Gasteiger partial charge in [-0.1, -0.05) is 29.3 Å². The molecule has 2 aliphatic carbocycles. The molecule has 4 heterocycles. The Morgan fingerprint density at radius 2 is 1.72 bits per heavy atom. The molecule has 3 aromatic carbocycles. The zero-order chi connectivity index (χ0) is 40.4. The van der Waals surface area contributed by atoms with Gasteiger partial charge in [0.15, 0.2) is 11.5 Å². The first-order chi connectivity index (χ1) is 27.1. The van der Waals surface area contributed by atoms with E-state index in [2.05, 4.69) is 0 Å². The Morgan fingerprint density at radius 3 is 2.44 bits per heavy atom. The quantitative estimate of drug-likeness (QED) is 0.122. The van der Waals surface area contributed by atoms with Crippen LogP contribution in [0, 0.1) is 36.0 Å². The number of phenols is 2. The fraction of sp³-hybridized carbons (Fsp3) is 0.286. The van der Waals surface area contributed by atoms with Gasteiger partial charge in [0.1, 0.15) is 22.8 Å². The van der Waals surface area contributed by atoms with Crippen molar-refractivity contribution in [3.05, 3.63) is 94.0 Å². The van der Waals surface area contributed by atoms with E-state index in [0.29, 0.717) is 16.3 Å². The Kier molecular flexibility index (Phi) is 8.20. The second-order valence-electron chi connectivity index (χ2n) is 15.3. The molecule has 290 valence electrons. The highest BCUT2D eigenvalue weighted by Crippen LogP contribution is 2.64. The fourth-order valence-electron chi connectivity index (χ4n) is 9.80. The number of fused-ring (bicyclic) bond motifs is 5. The zero-order valence-electron chi connectivity index (χ0n) is 31.0. The molecular weight excluding hydrogens is 772 g/mol. The van der Waals surface area contributed by atoms with Crippen molar-refractivity contribution in [2.75, 3.05) is 16.9 Å². The van der Waals surface area contributed by atoms with Crippen molar-refractivity contribution in [1.29, 1.82) is 0 Å². The number of ether oxygens (including phenoxy) is 1. The van der Waals surface area contributed by atoms with Crippen molar-refractivity contribution < 1.29 is 44.0 Å². The van der Waals surface area contributed by atoms with Crippen LogP contribution in [-0.4, -0.2) is 61.8 Å². The molecule has 0 spiro atoms. The number of carbonyl (C=O) groups is 5. The minimum absolute atomic E-state index is 0.0335. The molecule has 57 heavy (non-hydrogen) atoms. The van der Waals surface area contributed by atoms with E-state index in [1.54, 1.807) is 32.2 Å². The second kappa shape index (κ2) is 12.8. The summed E-state index contributed by atoms with van der Waals surface area (Å²) in [6.45, 7) is 3.74. The number of anilines is 2. The van der Waals surface area contributed by atoms with E-state index in [-0.39, 0.29) is 41.4 Å². The molecule has 2 aliphatic heterocycles. The van der Waals surface area contributed by atoms with E-state index in [1.807, 2.05) is 31.2 Å². The molecule has 0 radical (unpaired) electrons. The number of carbonyl (C=O) groups excluding carboxylic acids is 4. The van der Waals surface area contributed by atoms with Crippen molar-refractivity contribution in [2.45, 2.75) is 32.6 Å². The van der Waals surface area contributed by atoms with E-state index in [0.717, 1.165) is 43.1 Å². The lowest BCUT2D eigenvalue weighted by Crippen LogP contribution is -2.48. The third kappa shape index (κ3) is 5.12. The number of aryl methyl sites for hydroxylation is 2. The van der Waals surface area contributed by atoms with E-state index >= 15 is 4.79 Å². The smallest absolute Gasteiger partial charge is 0.339 e. The summed E-state index contributed by atoms with van der Waals surface area (Å²) in [5.41, 5.74) is 1.15. The summed E-state index contributed by atoms with van der Waals surface area (Å²) in [5, 5.41) is 36.8. The van der Waals surface area contributed by atoms with Crippen LogP contribution in [0.5, 0.6) is 17.2 Å². The van der Waals surface area contributed by atoms with Gasteiger partial charge >= 0.3 is 5.97 Å². The van der Waals surface area contributed by atoms with Crippen LogP contribution in [0.4, 0.5) is 11.5 Å². The Hall–Kier alpha value is -5.99. The number of imide groups is 2. The molecule has 3 fully saturated rings. The molecule has 0 unspecified atom stereocenters. The second-order valence-corrected chi connectivity index (χ2v) is 16.8. The number of rotatable bonds is 6. The van der Waals surface area contributed by atoms with Crippen LogP contribution in [-0.2, 0) is 26.2 Å². The van der Waals surface area contributed by atoms with Gasteiger partial charge in [-0.15, -0.1) is 11.3 Å². The van der Waals surface area contributed by atoms with Crippen LogP contribution in [0.25, 0.3) is 20.7 Å². The lowest BCUT2D eigenvalue weighted by atomic mass is 9.51. The van der Waals surface area contributed by atoms with Crippen molar-refractivity contribution >= 4 is 74.1 Å². The lowest BCUT2D eigenvalue weighted by molar-refractivity contribution is -0.131. The molecule has 6 atom stereocenters. The van der Waals surface area contributed by atoms with E-state index in [4.69, 9.17) is 21.4 Å². The molecule has 2 saturated heterocycles. The number of carboxylic acids is 1. The van der Waals surface area contributed by atoms with Crippen molar-refractivity contribution in [3.8, 4) is 27.8 Å². The van der Waals surface area contributed by atoms with Gasteiger partial charge in [-0.05, 0) is 91.6 Å². The van der Waals surface area contributed by atoms with Crippen LogP contribution in [0.15, 0.2) is 72.3 Å². The van der Waals surface area contributed by atoms with Crippen LogP contribution >= 0.6 is 22.9 Å². The molecule has 15 heteroatoms. The molecule has 4 aliphatic rings. The number of phenolic OH excluding ortho intramolecular Hbond substituents is 1. The number of hydrogen-bond acceptors (Lipinski definition) is 10. The third-order valence-corrected chi connectivity index (χ3v) is 14.0. The van der Waals surface area contributed by atoms with Gasteiger partial charge in [-0.2, -0.15) is 5.10 Å². The predicted molar refractivity (Wildman–Crippen MR) is 211 cm³/mol. The normalized spacial score (nSPS) is 25.5. The van der Waals surface area contributed by atoms with E-state index in [9.17, 15) is 34.5 Å². The highest BCUT2D eigenvalue weighted by molar-refractivity contribution is 7.22. The molecule has 1 saturated carbocycles. The van der Waals surface area contributed by atoms with Gasteiger partial charge in [0.25, 0.3) is 0 Å². The molecule has 3 N–H and O–H groups in total. The number of carboxylic acid groups (broad SMARTS) is 1. The Bertz CT molecular complexity index is 2680. The SMILES string of the molecule is COc1cc([C@H]2C3=CC[C@@H]4C(=O)N(c5ccc(C(=O)O)c(O)c5)C(=O)[C@@H]4[C@@H]3C[C@H]3C(=O)N(c4cc(-c5sc6ccc(Cl)cc6c5C)nn4C)C(=O)[C@@]23C)ccc1O. The summed E-state index contributed by atoms with van der Waals surface area (Å²) in [5.74, 6) is -7.64. The summed E-state index contributed by atoms with van der Waals surface area (Å²) in [4.78, 5) is 73.1. The summed E-state index contributed by atoms with van der Waals surface area (Å²) in [6.07, 6.45) is 2.16. The molecule has 2 aromatic heterocycles. The van der Waals surface area contributed by atoms with Crippen LogP contribution in [0.2, 0.25) is 5.02 Å². The number of allylic oxidation sites excluding steroid dienone is 2. The number of methoxy groups -OCH3 is 1. The minimum Gasteiger partial charge on any atom is -0.507 e. The number of aromatic hydroxyl groups is 2. The van der Waals surface area contributed by atoms with Crippen molar-refractivity contribution in [2.24, 2.45) is 36.1 Å². The monoisotopic (exact) mass is 806 g/mol. The number of aromatic nitrogens is 2. The minimum atomic E-state index is -1.37. The number of amides is 4. The van der Waals surface area contributed by atoms with Crippen LogP contribution < -0.4 is 14.5 Å². The number of nitrogens with zero attached hydrogens (tertiary/aromatic N) is 4. The molecule has 0 bridgehead atoms. The Labute approximate surface area is 334 Å². The summed E-state index contributed by atoms with van der Waals surface area (Å²) >= 11 is 7.84. The number of thiophene rings is 1. The lowest BCUT2D eigenvalue weighted by Gasteiger charge is -2.49. The maximum Gasteiger partial charge on any atom is 0.339 e. The summed E-state index contributed by atoms with van der Waals surface area (Å²) in [6, 6.07) is 15.7. The van der Waals surface area contributed by atoms with Gasteiger partial charge in [-0.3, -0.25) is 23.9 Å². The highest BCUT2D eigenvalue weighted by atomic mass is 35.5. The molecule has 9 rings (SSSR count). The number of aromatic carboxylic acids is 1. The largest absolute Gasteiger partial charge is 0.507 e. The van der Waals surface area contributed by atoms with Crippen LogP contribution in [0.1, 0.15) is 47.2 Å². The predicted octanol–water partition coefficient (Wildman–Crippen LogP) is 6.82. The standard InChI is InChI=1S/C42H35ClN4O9S/c1-18-25-14-20(43)6-12-32(25)57-36(18)28-17-33(45(3)44-28)47-38(51)27-16-26-22(35(42(27,2)41(47)55)19-5-11-29(48)31(13-19)56-4)9-10-24-34(26)39(52)46(37(24)50)21-7-8-23(40(53)54)30(49)15-21/h5-9,11-15,17,24,26-27,34-35,48-49H,10,16H2,1-4H3,(H,53,54)/t24-,26+,27-,34-,35-,42+/m0/s1. The van der Waals surface area contributed by atoms with Gasteiger partial charge in [-0.25, -0.2) is 14.6 Å². The Morgan fingerprint density at radius 1 is 0.947 bits per heavy atom. The number of halogens is 1. The average molecular weight is 807 g/mol. The topological polar surface area (TPSA) is 180 Å². The first-order valence-corrected chi connectivity index (χ1v) is 19.5. The number of benzene rings is 3. The molecule has 5 aromatic rings. The Balaban J connectivity index is 1.15. The maximum absolute atomic E-state index is 15.1. The first-order valence-electron chi connectivity index (χ1n) is 18.3. The van der Waals surface area contributed by atoms with Gasteiger partial charge in [0, 0.05) is 34.8 Å². The number of hydrogen-bond donors (Lipinski definition) is 3. The van der Waals surface area contributed by atoms with Gasteiger partial charge in [0.05, 0.1) is 40.8 Å². The first kappa shape index (κ1) is 36.6. The third-order valence-electron chi connectivity index (χ3n) is 12.5. The maximum atomic E-state index is 15.1. The van der Waals surface area contributed by atoms with Gasteiger partial charge in [0.2, 0.25) is 23.6 Å². The summed E-state index contributed by atoms with van der Waals surface area (Å²) < 4.78 is 8.01. The molecule has 13 nitrogen and oxygen atoms in total. The van der Waals surface area contributed by atoms with E-state index < -0.39 is 70.4 Å². The summed E-state index contributed by atoms with van der Waals surface area (Å²) in [7, 11) is 3.09. The average Bonchev–Trinajstić information content (AvgIpc) is 3.85. The van der Waals surface area contributed by atoms with Crippen molar-refractivity contribution in [1.82, 2.24) is 9.78 Å². The molecule has 4 amide bonds. The van der Waals surface area contributed by atoms with Crippen LogP contribution in [0.3, 0.4) is 0 Å². The molecular formula is C42H35ClN4O9S. The van der Waals surface area contributed by atoms with Crippen molar-refractivity contribution in [3.63, 3.8) is 0 Å². The zero-order valence-corrected chi connectivity index (χ0v) is 32.6.